The second-order valence-electron chi connectivity index (χ2n) is 6.02. The van der Waals surface area contributed by atoms with Crippen molar-refractivity contribution in [2.24, 2.45) is 5.73 Å². The molecule has 3 nitrogen and oxygen atoms in total. The average Bonchev–Trinajstić information content (AvgIpc) is 2.65. The highest BCUT2D eigenvalue weighted by Gasteiger charge is 2.32. The lowest BCUT2D eigenvalue weighted by molar-refractivity contribution is 0.0934. The van der Waals surface area contributed by atoms with E-state index in [2.05, 4.69) is 11.4 Å². The maximum atomic E-state index is 12.2. The molecule has 0 aromatic carbocycles. The molecule has 0 aliphatic heterocycles. The van der Waals surface area contributed by atoms with E-state index in [-0.39, 0.29) is 11.4 Å². The van der Waals surface area contributed by atoms with E-state index >= 15 is 0 Å². The zero-order valence-electron chi connectivity index (χ0n) is 11.3. The van der Waals surface area contributed by atoms with Crippen LogP contribution in [0, 0.1) is 0 Å². The fourth-order valence-corrected chi connectivity index (χ4v) is 4.10. The number of aryl methyl sites for hydroxylation is 2. The van der Waals surface area contributed by atoms with Crippen molar-refractivity contribution in [1.29, 1.82) is 0 Å². The van der Waals surface area contributed by atoms with Gasteiger partial charge in [-0.05, 0) is 56.6 Å². The van der Waals surface area contributed by atoms with Crippen LogP contribution < -0.4 is 11.1 Å². The van der Waals surface area contributed by atoms with Gasteiger partial charge in [-0.2, -0.15) is 0 Å². The van der Waals surface area contributed by atoms with Crippen LogP contribution in [0.3, 0.4) is 0 Å². The van der Waals surface area contributed by atoms with Gasteiger partial charge in [0.2, 0.25) is 0 Å². The third-order valence-corrected chi connectivity index (χ3v) is 5.66. The number of amides is 1. The Morgan fingerprint density at radius 1 is 1.26 bits per heavy atom. The molecule has 0 saturated heterocycles. The molecule has 2 aliphatic rings. The number of fused-ring (bicyclic) bond motifs is 1. The zero-order valence-corrected chi connectivity index (χ0v) is 12.2. The van der Waals surface area contributed by atoms with Crippen molar-refractivity contribution in [3.8, 4) is 0 Å². The van der Waals surface area contributed by atoms with Crippen LogP contribution in [0.25, 0.3) is 0 Å². The molecule has 2 aliphatic carbocycles. The van der Waals surface area contributed by atoms with Gasteiger partial charge < -0.3 is 11.1 Å². The third kappa shape index (κ3) is 2.84. The lowest BCUT2D eigenvalue weighted by Crippen LogP contribution is -2.54. The highest BCUT2D eigenvalue weighted by atomic mass is 32.1. The summed E-state index contributed by atoms with van der Waals surface area (Å²) in [5.41, 5.74) is 7.40. The monoisotopic (exact) mass is 278 g/mol. The molecule has 3 rings (SSSR count). The third-order valence-electron chi connectivity index (χ3n) is 4.42. The molecular weight excluding hydrogens is 256 g/mol. The summed E-state index contributed by atoms with van der Waals surface area (Å²) in [5.74, 6) is 0.0646. The van der Waals surface area contributed by atoms with Gasteiger partial charge in [0.1, 0.15) is 0 Å². The van der Waals surface area contributed by atoms with E-state index in [1.54, 1.807) is 11.3 Å². The minimum absolute atomic E-state index is 0.0646. The number of carbonyl (C=O) groups is 1. The Kier molecular flexibility index (Phi) is 3.63. The second kappa shape index (κ2) is 5.25. The molecule has 104 valence electrons. The summed E-state index contributed by atoms with van der Waals surface area (Å²) >= 11 is 1.68. The highest BCUT2D eigenvalue weighted by molar-refractivity contribution is 7.14. The maximum Gasteiger partial charge on any atom is 0.261 e. The summed E-state index contributed by atoms with van der Waals surface area (Å²) in [6.07, 6.45) is 9.39. The molecule has 19 heavy (non-hydrogen) atoms. The van der Waals surface area contributed by atoms with E-state index < -0.39 is 0 Å². The van der Waals surface area contributed by atoms with Crippen LogP contribution in [0.15, 0.2) is 6.07 Å². The molecule has 1 saturated carbocycles. The van der Waals surface area contributed by atoms with Crippen molar-refractivity contribution in [1.82, 2.24) is 5.32 Å². The summed E-state index contributed by atoms with van der Waals surface area (Å²) in [6, 6.07) is 2.10. The number of rotatable bonds is 3. The maximum absolute atomic E-state index is 12.2. The lowest BCUT2D eigenvalue weighted by Gasteiger charge is -2.38. The molecular formula is C15H22N2OS. The number of carbonyl (C=O) groups excluding carboxylic acids is 1. The largest absolute Gasteiger partial charge is 0.349 e. The molecule has 0 atom stereocenters. The van der Waals surface area contributed by atoms with Gasteiger partial charge in [0.25, 0.3) is 5.91 Å². The molecule has 0 spiro atoms. The average molecular weight is 278 g/mol. The molecule has 0 bridgehead atoms. The fourth-order valence-electron chi connectivity index (χ4n) is 2.93. The Hall–Kier alpha value is -0.870. The predicted molar refractivity (Wildman–Crippen MR) is 78.7 cm³/mol. The first kappa shape index (κ1) is 13.1. The summed E-state index contributed by atoms with van der Waals surface area (Å²) in [4.78, 5) is 14.5. The van der Waals surface area contributed by atoms with Crippen LogP contribution in [0.5, 0.6) is 0 Å². The summed E-state index contributed by atoms with van der Waals surface area (Å²) in [7, 11) is 0. The second-order valence-corrected chi connectivity index (χ2v) is 7.16. The predicted octanol–water partition coefficient (Wildman–Crippen LogP) is 2.63. The van der Waals surface area contributed by atoms with Gasteiger partial charge in [0.15, 0.2) is 0 Å². The van der Waals surface area contributed by atoms with Gasteiger partial charge in [0.05, 0.1) is 4.88 Å². The molecule has 1 aromatic rings. The normalized spacial score (nSPS) is 21.1. The molecule has 1 fully saturated rings. The lowest BCUT2D eigenvalue weighted by atomic mass is 9.78. The molecule has 1 aromatic heterocycles. The van der Waals surface area contributed by atoms with Crippen LogP contribution in [-0.4, -0.2) is 18.0 Å². The van der Waals surface area contributed by atoms with E-state index in [0.717, 1.165) is 30.6 Å². The number of thiophene rings is 1. The van der Waals surface area contributed by atoms with Crippen LogP contribution in [0.2, 0.25) is 0 Å². The Labute approximate surface area is 118 Å². The number of hydrogen-bond donors (Lipinski definition) is 2. The van der Waals surface area contributed by atoms with E-state index in [1.165, 1.54) is 36.1 Å². The first-order valence-corrected chi connectivity index (χ1v) is 8.17. The first-order chi connectivity index (χ1) is 9.16. The summed E-state index contributed by atoms with van der Waals surface area (Å²) in [5, 5.41) is 3.01. The van der Waals surface area contributed by atoms with Crippen molar-refractivity contribution in [2.75, 3.05) is 6.54 Å². The minimum atomic E-state index is -0.135. The minimum Gasteiger partial charge on any atom is -0.349 e. The van der Waals surface area contributed by atoms with E-state index in [1.807, 2.05) is 0 Å². The van der Waals surface area contributed by atoms with E-state index in [4.69, 9.17) is 5.73 Å². The van der Waals surface area contributed by atoms with Crippen LogP contribution in [-0.2, 0) is 12.8 Å². The number of nitrogens with one attached hydrogen (secondary N) is 1. The summed E-state index contributed by atoms with van der Waals surface area (Å²) < 4.78 is 0. The topological polar surface area (TPSA) is 55.1 Å². The van der Waals surface area contributed by atoms with Crippen LogP contribution in [0.4, 0.5) is 0 Å². The Balaban J connectivity index is 1.63. The Bertz CT molecular complexity index is 453. The van der Waals surface area contributed by atoms with Gasteiger partial charge in [0, 0.05) is 17.0 Å². The molecule has 3 N–H and O–H groups in total. The number of nitrogens with two attached hydrogens (primary N) is 1. The van der Waals surface area contributed by atoms with E-state index in [0.29, 0.717) is 6.54 Å². The zero-order chi connectivity index (χ0) is 13.3. The smallest absolute Gasteiger partial charge is 0.261 e. The van der Waals surface area contributed by atoms with Gasteiger partial charge >= 0.3 is 0 Å². The van der Waals surface area contributed by atoms with Crippen LogP contribution in [0.1, 0.15) is 58.6 Å². The van der Waals surface area contributed by atoms with Gasteiger partial charge in [-0.25, -0.2) is 0 Å². The van der Waals surface area contributed by atoms with Gasteiger partial charge in [-0.1, -0.05) is 6.42 Å². The highest BCUT2D eigenvalue weighted by Crippen LogP contribution is 2.30. The standard InChI is InChI=1S/C15H22N2OS/c16-15(7-4-8-15)10-17-14(18)13-9-11-5-2-1-3-6-12(11)19-13/h9H,1-8,10,16H2,(H,17,18). The SMILES string of the molecule is NC1(CNC(=O)c2cc3c(s2)CCCCC3)CCC1. The van der Waals surface area contributed by atoms with Crippen molar-refractivity contribution in [2.45, 2.75) is 56.9 Å². The summed E-state index contributed by atoms with van der Waals surface area (Å²) in [6.45, 7) is 0.619. The van der Waals surface area contributed by atoms with Crippen molar-refractivity contribution >= 4 is 17.2 Å². The van der Waals surface area contributed by atoms with Crippen LogP contribution >= 0.6 is 11.3 Å². The molecule has 4 heteroatoms. The molecule has 0 radical (unpaired) electrons. The quantitative estimate of drug-likeness (QED) is 0.835. The van der Waals surface area contributed by atoms with Gasteiger partial charge in [-0.3, -0.25) is 4.79 Å². The molecule has 1 heterocycles. The number of hydrogen-bond acceptors (Lipinski definition) is 3. The molecule has 0 unspecified atom stereocenters. The first-order valence-electron chi connectivity index (χ1n) is 7.35. The Morgan fingerprint density at radius 3 is 2.79 bits per heavy atom. The Morgan fingerprint density at radius 2 is 2.05 bits per heavy atom. The van der Waals surface area contributed by atoms with Crippen molar-refractivity contribution < 1.29 is 4.79 Å². The molecule has 1 amide bonds. The van der Waals surface area contributed by atoms with Crippen molar-refractivity contribution in [3.05, 3.63) is 21.4 Å². The van der Waals surface area contributed by atoms with E-state index in [9.17, 15) is 4.79 Å². The van der Waals surface area contributed by atoms with Gasteiger partial charge in [-0.15, -0.1) is 11.3 Å². The fraction of sp³-hybridized carbons (Fsp3) is 0.667. The van der Waals surface area contributed by atoms with Crippen molar-refractivity contribution in [3.63, 3.8) is 0 Å².